The normalized spacial score (nSPS) is 26.4. The molecule has 4 fully saturated rings. The van der Waals surface area contributed by atoms with Crippen LogP contribution in [0.3, 0.4) is 0 Å². The number of hydrogen-bond donors (Lipinski definition) is 2. The summed E-state index contributed by atoms with van der Waals surface area (Å²) >= 11 is 6.34. The number of piperidine rings is 1. The number of hydrogen-bond acceptors (Lipinski definition) is 8. The van der Waals surface area contributed by atoms with Gasteiger partial charge < -0.3 is 19.4 Å². The van der Waals surface area contributed by atoms with Crippen molar-refractivity contribution in [2.75, 3.05) is 31.6 Å². The number of morpholine rings is 1. The van der Waals surface area contributed by atoms with Crippen LogP contribution in [0.1, 0.15) is 38.0 Å². The molecule has 2 N–H and O–H groups in total. The number of nitrogens with zero attached hydrogens (tertiary/aromatic N) is 6. The van der Waals surface area contributed by atoms with Crippen molar-refractivity contribution in [1.82, 2.24) is 35.2 Å². The van der Waals surface area contributed by atoms with E-state index in [9.17, 15) is 4.79 Å². The molecular formula is C23H27ClN8O3. The number of anilines is 1. The van der Waals surface area contributed by atoms with E-state index in [4.69, 9.17) is 20.8 Å². The van der Waals surface area contributed by atoms with E-state index in [2.05, 4.69) is 42.5 Å². The summed E-state index contributed by atoms with van der Waals surface area (Å²) in [6, 6.07) is 5.25. The van der Waals surface area contributed by atoms with E-state index in [1.165, 1.54) is 6.33 Å². The average molecular weight is 499 g/mol. The predicted octanol–water partition coefficient (Wildman–Crippen LogP) is 3.27. The molecule has 0 unspecified atom stereocenters. The number of aromatic amines is 1. The molecule has 1 aromatic carbocycles. The van der Waals surface area contributed by atoms with Gasteiger partial charge in [0.15, 0.2) is 5.82 Å². The van der Waals surface area contributed by atoms with Crippen LogP contribution in [0.4, 0.5) is 10.5 Å². The summed E-state index contributed by atoms with van der Waals surface area (Å²) in [6.45, 7) is 5.90. The summed E-state index contributed by atoms with van der Waals surface area (Å²) in [5, 5.41) is 19.0. The number of rotatable bonds is 5. The second kappa shape index (κ2) is 8.89. The van der Waals surface area contributed by atoms with Crippen molar-refractivity contribution in [2.24, 2.45) is 5.92 Å². The maximum Gasteiger partial charge on any atom is 0.323 e. The van der Waals surface area contributed by atoms with Crippen LogP contribution in [0, 0.1) is 5.92 Å². The van der Waals surface area contributed by atoms with E-state index in [1.807, 2.05) is 4.90 Å². The van der Waals surface area contributed by atoms with Gasteiger partial charge in [-0.25, -0.2) is 9.78 Å². The zero-order chi connectivity index (χ0) is 24.0. The number of halogens is 1. The van der Waals surface area contributed by atoms with Crippen LogP contribution in [-0.4, -0.2) is 73.6 Å². The van der Waals surface area contributed by atoms with Crippen LogP contribution in [0.25, 0.3) is 11.4 Å². The molecule has 0 radical (unpaired) electrons. The fourth-order valence-electron chi connectivity index (χ4n) is 5.71. The number of ether oxygens (including phenoxy) is 1. The highest BCUT2D eigenvalue weighted by Crippen LogP contribution is 2.55. The number of urea groups is 1. The number of carbonyl (C=O) groups is 1. The lowest BCUT2D eigenvalue weighted by molar-refractivity contribution is -0.110. The lowest BCUT2D eigenvalue weighted by Gasteiger charge is -2.61. The number of carbonyl (C=O) groups excluding carboxylic acids is 1. The standard InChI is InChI=1S/C23H27ClN8O3/c1-14-8-16-11-23(10-14,21-30-28-19(35-21)12-31-4-6-34-7-5-31)32(16)22(33)27-15-2-3-18(24)17(9-15)20-25-13-26-29-20/h2-3,9,13-14,16H,4-8,10-12H2,1H3,(H,27,33)(H,25,26,29)/t14-,16+,23-/m0/s1. The molecule has 1 saturated carbocycles. The lowest BCUT2D eigenvalue weighted by Crippen LogP contribution is -2.70. The number of benzene rings is 1. The number of nitrogens with one attached hydrogen (secondary N) is 2. The zero-order valence-corrected chi connectivity index (χ0v) is 20.2. The van der Waals surface area contributed by atoms with Crippen LogP contribution < -0.4 is 5.32 Å². The minimum atomic E-state index is -0.580. The van der Waals surface area contributed by atoms with Gasteiger partial charge in [-0.3, -0.25) is 10.00 Å². The molecule has 1 aliphatic carbocycles. The Kier molecular flexibility index (Phi) is 5.70. The van der Waals surface area contributed by atoms with E-state index >= 15 is 0 Å². The molecule has 12 heteroatoms. The molecule has 2 bridgehead atoms. The van der Waals surface area contributed by atoms with Gasteiger partial charge in [0, 0.05) is 36.8 Å². The van der Waals surface area contributed by atoms with E-state index in [0.717, 1.165) is 32.4 Å². The highest BCUT2D eigenvalue weighted by molar-refractivity contribution is 6.33. The van der Waals surface area contributed by atoms with Crippen molar-refractivity contribution in [3.63, 3.8) is 0 Å². The largest absolute Gasteiger partial charge is 0.421 e. The average Bonchev–Trinajstić information content (AvgIpc) is 3.53. The van der Waals surface area contributed by atoms with Crippen LogP contribution >= 0.6 is 11.6 Å². The highest BCUT2D eigenvalue weighted by atomic mass is 35.5. The summed E-state index contributed by atoms with van der Waals surface area (Å²) in [7, 11) is 0. The van der Waals surface area contributed by atoms with E-state index in [1.54, 1.807) is 18.2 Å². The first-order valence-corrected chi connectivity index (χ1v) is 12.3. The van der Waals surface area contributed by atoms with Crippen molar-refractivity contribution >= 4 is 23.3 Å². The predicted molar refractivity (Wildman–Crippen MR) is 127 cm³/mol. The number of amides is 2. The molecule has 35 heavy (non-hydrogen) atoms. The summed E-state index contributed by atoms with van der Waals surface area (Å²) in [6.07, 6.45) is 3.99. The van der Waals surface area contributed by atoms with Crippen LogP contribution in [-0.2, 0) is 16.8 Å². The van der Waals surface area contributed by atoms with Gasteiger partial charge in [-0.05, 0) is 37.0 Å². The molecular weight excluding hydrogens is 472 g/mol. The summed E-state index contributed by atoms with van der Waals surface area (Å²) < 4.78 is 11.6. The minimum Gasteiger partial charge on any atom is -0.421 e. The molecule has 2 aromatic heterocycles. The Balaban J connectivity index is 1.23. The summed E-state index contributed by atoms with van der Waals surface area (Å²) in [5.41, 5.74) is 0.708. The Morgan fingerprint density at radius 2 is 2.14 bits per heavy atom. The Morgan fingerprint density at radius 3 is 2.94 bits per heavy atom. The first-order chi connectivity index (χ1) is 17.0. The van der Waals surface area contributed by atoms with Crippen molar-refractivity contribution < 1.29 is 13.9 Å². The SMILES string of the molecule is C[C@H]1C[C@@H]2C[C@](c3nnc(CN4CCOCC4)o3)(C1)N2C(=O)Nc1ccc(Cl)c(-c2ncn[nH]2)c1. The second-order valence-electron chi connectivity index (χ2n) is 9.65. The third kappa shape index (κ3) is 4.07. The smallest absolute Gasteiger partial charge is 0.323 e. The molecule has 4 aliphatic rings. The number of fused-ring (bicyclic) bond motifs is 2. The van der Waals surface area contributed by atoms with Crippen LogP contribution in [0.2, 0.25) is 5.02 Å². The quantitative estimate of drug-likeness (QED) is 0.549. The molecule has 2 amide bonds. The van der Waals surface area contributed by atoms with Crippen molar-refractivity contribution in [1.29, 1.82) is 0 Å². The Bertz CT molecular complexity index is 1210. The fourth-order valence-corrected chi connectivity index (χ4v) is 5.92. The third-order valence-corrected chi connectivity index (χ3v) is 7.52. The van der Waals surface area contributed by atoms with E-state index < -0.39 is 5.54 Å². The molecule has 3 aliphatic heterocycles. The molecule has 5 heterocycles. The lowest BCUT2D eigenvalue weighted by atomic mass is 9.64. The zero-order valence-electron chi connectivity index (χ0n) is 19.4. The number of H-pyrrole nitrogens is 1. The molecule has 3 saturated heterocycles. The van der Waals surface area contributed by atoms with Gasteiger partial charge in [0.2, 0.25) is 11.8 Å². The Labute approximate surface area is 207 Å². The molecule has 7 rings (SSSR count). The molecule has 0 spiro atoms. The van der Waals surface area contributed by atoms with Gasteiger partial charge in [-0.15, -0.1) is 10.2 Å². The van der Waals surface area contributed by atoms with Gasteiger partial charge in [0.1, 0.15) is 11.9 Å². The van der Waals surface area contributed by atoms with Gasteiger partial charge >= 0.3 is 6.03 Å². The number of aromatic nitrogens is 5. The first-order valence-electron chi connectivity index (χ1n) is 11.9. The molecule has 3 atom stereocenters. The third-order valence-electron chi connectivity index (χ3n) is 7.19. The van der Waals surface area contributed by atoms with E-state index in [-0.39, 0.29) is 12.1 Å². The van der Waals surface area contributed by atoms with Crippen LogP contribution in [0.15, 0.2) is 28.9 Å². The van der Waals surface area contributed by atoms with Crippen molar-refractivity contribution in [3.8, 4) is 11.4 Å². The van der Waals surface area contributed by atoms with E-state index in [0.29, 0.717) is 59.6 Å². The Hall–Kier alpha value is -3.02. The molecule has 11 nitrogen and oxygen atoms in total. The molecule has 184 valence electrons. The maximum atomic E-state index is 13.5. The van der Waals surface area contributed by atoms with Gasteiger partial charge in [0.25, 0.3) is 0 Å². The van der Waals surface area contributed by atoms with Crippen molar-refractivity contribution in [3.05, 3.63) is 41.3 Å². The molecule has 3 aromatic rings. The fraction of sp³-hybridized carbons (Fsp3) is 0.522. The second-order valence-corrected chi connectivity index (χ2v) is 10.1. The van der Waals surface area contributed by atoms with Crippen molar-refractivity contribution in [2.45, 2.75) is 44.3 Å². The van der Waals surface area contributed by atoms with Crippen LogP contribution in [0.5, 0.6) is 0 Å². The van der Waals surface area contributed by atoms with Gasteiger partial charge in [-0.1, -0.05) is 18.5 Å². The van der Waals surface area contributed by atoms with Gasteiger partial charge in [-0.2, -0.15) is 5.10 Å². The summed E-state index contributed by atoms with van der Waals surface area (Å²) in [4.78, 5) is 21.8. The summed E-state index contributed by atoms with van der Waals surface area (Å²) in [5.74, 6) is 2.10. The maximum absolute atomic E-state index is 13.5. The first kappa shape index (κ1) is 22.4. The topological polar surface area (TPSA) is 125 Å². The van der Waals surface area contributed by atoms with Gasteiger partial charge in [0.05, 0.1) is 24.8 Å². The highest BCUT2D eigenvalue weighted by Gasteiger charge is 2.62. The monoisotopic (exact) mass is 498 g/mol. The Morgan fingerprint density at radius 1 is 1.29 bits per heavy atom. The minimum absolute atomic E-state index is 0.134.